The Morgan fingerprint density at radius 1 is 0.933 bits per heavy atom. The average Bonchev–Trinajstić information content (AvgIpc) is 2.68. The van der Waals surface area contributed by atoms with Gasteiger partial charge in [0.25, 0.3) is 0 Å². The summed E-state index contributed by atoms with van der Waals surface area (Å²) < 4.78 is 16.5. The fraction of sp³-hybridized carbons (Fsp3) is 0.360. The second kappa shape index (κ2) is 8.38. The minimum absolute atomic E-state index is 0.0830. The number of nitrogens with zero attached hydrogens (tertiary/aromatic N) is 2. The molecule has 1 aromatic heterocycles. The minimum atomic E-state index is -0.741. The largest absolute Gasteiger partial charge is 0.304 e. The molecule has 1 heterocycles. The highest BCUT2D eigenvalue weighted by Crippen LogP contribution is 2.34. The predicted octanol–water partition coefficient (Wildman–Crippen LogP) is 6.39. The van der Waals surface area contributed by atoms with Crippen molar-refractivity contribution in [1.29, 1.82) is 0 Å². The Morgan fingerprint density at radius 3 is 2.07 bits per heavy atom. The van der Waals surface area contributed by atoms with Crippen LogP contribution >= 0.6 is 11.8 Å². The van der Waals surface area contributed by atoms with Crippen LogP contribution in [-0.4, -0.2) is 9.78 Å². The zero-order chi connectivity index (χ0) is 22.1. The van der Waals surface area contributed by atoms with Crippen LogP contribution in [0.25, 0.3) is 11.3 Å². The highest BCUT2D eigenvalue weighted by molar-refractivity contribution is 7.98. The van der Waals surface area contributed by atoms with Gasteiger partial charge in [0.05, 0.1) is 10.4 Å². The minimum Gasteiger partial charge on any atom is -0.264 e. The highest BCUT2D eigenvalue weighted by Gasteiger charge is 2.25. The molecule has 3 aromatic rings. The molecule has 0 aliphatic heterocycles. The Bertz CT molecular complexity index is 1080. The van der Waals surface area contributed by atoms with Crippen LogP contribution in [0.3, 0.4) is 0 Å². The molecule has 0 aliphatic carbocycles. The van der Waals surface area contributed by atoms with Gasteiger partial charge in [-0.3, -0.25) is 4.79 Å². The van der Waals surface area contributed by atoms with E-state index in [9.17, 15) is 4.79 Å². The summed E-state index contributed by atoms with van der Waals surface area (Å²) >= 11 is 1.32. The summed E-state index contributed by atoms with van der Waals surface area (Å²) in [5.41, 5.74) is 2.40. The van der Waals surface area contributed by atoms with Gasteiger partial charge in [-0.15, -0.1) is 11.8 Å². The van der Waals surface area contributed by atoms with Crippen molar-refractivity contribution in [2.75, 3.05) is 0 Å². The van der Waals surface area contributed by atoms with Crippen molar-refractivity contribution in [3.05, 3.63) is 81.9 Å². The molecule has 0 fully saturated rings. The number of halogens is 1. The normalized spacial score (nSPS) is 12.2. The maximum Gasteiger partial charge on any atom is 0.304 e. The van der Waals surface area contributed by atoms with E-state index in [0.29, 0.717) is 16.3 Å². The average molecular weight is 425 g/mol. The predicted molar refractivity (Wildman–Crippen MR) is 124 cm³/mol. The molecule has 30 heavy (non-hydrogen) atoms. The topological polar surface area (TPSA) is 34.9 Å². The number of aromatic nitrogens is 2. The van der Waals surface area contributed by atoms with Gasteiger partial charge < -0.3 is 0 Å². The van der Waals surface area contributed by atoms with Crippen molar-refractivity contribution in [3.8, 4) is 11.3 Å². The zero-order valence-electron chi connectivity index (χ0n) is 18.5. The highest BCUT2D eigenvalue weighted by atomic mass is 32.2. The third-order valence-electron chi connectivity index (χ3n) is 4.88. The maximum absolute atomic E-state index is 15.3. The van der Waals surface area contributed by atoms with E-state index in [-0.39, 0.29) is 5.41 Å². The van der Waals surface area contributed by atoms with Crippen LogP contribution in [0.5, 0.6) is 0 Å². The van der Waals surface area contributed by atoms with E-state index in [4.69, 9.17) is 0 Å². The molecule has 0 unspecified atom stereocenters. The molecule has 0 bridgehead atoms. The van der Waals surface area contributed by atoms with Gasteiger partial charge in [-0.1, -0.05) is 75.4 Å². The SMILES string of the molecule is CC(C)(C)c1ccc(CSc2c(-c3ccccc3)nn(C(C)(C)C)c(=O)c2F)cc1. The van der Waals surface area contributed by atoms with Crippen molar-refractivity contribution < 1.29 is 4.39 Å². The van der Waals surface area contributed by atoms with Crippen molar-refractivity contribution in [3.63, 3.8) is 0 Å². The number of thioether (sulfide) groups is 1. The van der Waals surface area contributed by atoms with Crippen LogP contribution in [0.1, 0.15) is 52.7 Å². The number of hydrogen-bond acceptors (Lipinski definition) is 3. The molecule has 0 spiro atoms. The fourth-order valence-corrected chi connectivity index (χ4v) is 4.13. The van der Waals surface area contributed by atoms with Crippen molar-refractivity contribution >= 4 is 11.8 Å². The first-order valence-corrected chi connectivity index (χ1v) is 11.1. The van der Waals surface area contributed by atoms with Crippen LogP contribution in [-0.2, 0) is 16.7 Å². The molecule has 0 atom stereocenters. The third kappa shape index (κ3) is 4.84. The van der Waals surface area contributed by atoms with Crippen LogP contribution < -0.4 is 5.56 Å². The van der Waals surface area contributed by atoms with Crippen LogP contribution in [0.2, 0.25) is 0 Å². The van der Waals surface area contributed by atoms with Crippen LogP contribution in [0.4, 0.5) is 4.39 Å². The first-order valence-electron chi connectivity index (χ1n) is 10.1. The number of rotatable bonds is 4. The fourth-order valence-electron chi connectivity index (χ4n) is 3.11. The van der Waals surface area contributed by atoms with Gasteiger partial charge in [0, 0.05) is 11.3 Å². The van der Waals surface area contributed by atoms with E-state index in [2.05, 4.69) is 50.1 Å². The second-order valence-electron chi connectivity index (χ2n) is 9.48. The first kappa shape index (κ1) is 22.3. The number of hydrogen-bond donors (Lipinski definition) is 0. The van der Waals surface area contributed by atoms with Gasteiger partial charge >= 0.3 is 5.56 Å². The van der Waals surface area contributed by atoms with Gasteiger partial charge in [0.1, 0.15) is 5.69 Å². The summed E-state index contributed by atoms with van der Waals surface area (Å²) in [6.07, 6.45) is 0. The number of benzene rings is 2. The lowest BCUT2D eigenvalue weighted by molar-refractivity contribution is 0.325. The molecule has 0 amide bonds. The molecular weight excluding hydrogens is 395 g/mol. The van der Waals surface area contributed by atoms with E-state index < -0.39 is 16.9 Å². The lowest BCUT2D eigenvalue weighted by Gasteiger charge is -2.23. The van der Waals surface area contributed by atoms with Gasteiger partial charge in [0.2, 0.25) is 5.82 Å². The standard InChI is InChI=1S/C25H29FN2OS/c1-24(2,3)19-14-12-17(13-15-19)16-30-22-20(26)23(29)28(25(4,5)6)27-21(22)18-10-8-7-9-11-18/h7-15H,16H2,1-6H3. The summed E-state index contributed by atoms with van der Waals surface area (Å²) in [6.45, 7) is 12.1. The van der Waals surface area contributed by atoms with Gasteiger partial charge in [-0.05, 0) is 37.3 Å². The molecule has 3 nitrogen and oxygen atoms in total. The van der Waals surface area contributed by atoms with Crippen molar-refractivity contribution in [2.24, 2.45) is 0 Å². The van der Waals surface area contributed by atoms with E-state index in [0.717, 1.165) is 11.1 Å². The molecule has 0 radical (unpaired) electrons. The Morgan fingerprint density at radius 2 is 1.53 bits per heavy atom. The first-order chi connectivity index (χ1) is 14.0. The van der Waals surface area contributed by atoms with E-state index >= 15 is 4.39 Å². The Labute approximate surface area is 182 Å². The van der Waals surface area contributed by atoms with Crippen molar-refractivity contribution in [2.45, 2.75) is 63.1 Å². The monoisotopic (exact) mass is 424 g/mol. The summed E-state index contributed by atoms with van der Waals surface area (Å²) in [5, 5.41) is 4.58. The summed E-state index contributed by atoms with van der Waals surface area (Å²) in [5.74, 6) is -0.183. The molecule has 0 aliphatic rings. The Balaban J connectivity index is 2.01. The Hall–Kier alpha value is -2.40. The summed E-state index contributed by atoms with van der Waals surface area (Å²) in [4.78, 5) is 13.0. The lowest BCUT2D eigenvalue weighted by Crippen LogP contribution is -2.38. The Kier molecular flexibility index (Phi) is 6.23. The van der Waals surface area contributed by atoms with Crippen molar-refractivity contribution in [1.82, 2.24) is 9.78 Å². The maximum atomic E-state index is 15.3. The van der Waals surface area contributed by atoms with Crippen LogP contribution in [0, 0.1) is 5.82 Å². The van der Waals surface area contributed by atoms with E-state index in [1.165, 1.54) is 22.0 Å². The summed E-state index contributed by atoms with van der Waals surface area (Å²) in [6, 6.07) is 17.8. The molecule has 3 rings (SSSR count). The molecule has 158 valence electrons. The van der Waals surface area contributed by atoms with Crippen LogP contribution in [0.15, 0.2) is 64.3 Å². The molecule has 0 N–H and O–H groups in total. The smallest absolute Gasteiger partial charge is 0.264 e. The lowest BCUT2D eigenvalue weighted by atomic mass is 9.87. The second-order valence-corrected chi connectivity index (χ2v) is 10.5. The molecule has 0 saturated carbocycles. The van der Waals surface area contributed by atoms with Gasteiger partial charge in [-0.25, -0.2) is 4.68 Å². The molecular formula is C25H29FN2OS. The zero-order valence-corrected chi connectivity index (χ0v) is 19.3. The molecule has 0 saturated heterocycles. The summed E-state index contributed by atoms with van der Waals surface area (Å²) in [7, 11) is 0. The van der Waals surface area contributed by atoms with Gasteiger partial charge in [0.15, 0.2) is 0 Å². The van der Waals surface area contributed by atoms with E-state index in [1.54, 1.807) is 0 Å². The van der Waals surface area contributed by atoms with E-state index in [1.807, 2.05) is 51.1 Å². The van der Waals surface area contributed by atoms with Gasteiger partial charge in [-0.2, -0.15) is 9.49 Å². The molecule has 2 aromatic carbocycles. The quantitative estimate of drug-likeness (QED) is 0.455. The molecule has 5 heteroatoms. The third-order valence-corrected chi connectivity index (χ3v) is 6.02.